The second-order valence-electron chi connectivity index (χ2n) is 5.58. The van der Waals surface area contributed by atoms with Crippen LogP contribution in [0.15, 0.2) is 36.4 Å². The number of hydrogen-bond donors (Lipinski definition) is 2. The van der Waals surface area contributed by atoms with Gasteiger partial charge in [0.2, 0.25) is 0 Å². The van der Waals surface area contributed by atoms with Crippen LogP contribution in [0, 0.1) is 5.92 Å². The van der Waals surface area contributed by atoms with Gasteiger partial charge in [0.1, 0.15) is 5.75 Å². The van der Waals surface area contributed by atoms with E-state index in [0.29, 0.717) is 5.75 Å². The van der Waals surface area contributed by atoms with Gasteiger partial charge in [-0.15, -0.1) is 0 Å². The third kappa shape index (κ3) is 2.79. The molecule has 3 heteroatoms. The summed E-state index contributed by atoms with van der Waals surface area (Å²) in [6.45, 7) is 3.17. The molecular weight excluding hydrogens is 266 g/mol. The number of thioether (sulfide) groups is 1. The number of aromatic hydroxyl groups is 1. The molecule has 1 aliphatic heterocycles. The van der Waals surface area contributed by atoms with Gasteiger partial charge in [0, 0.05) is 17.0 Å². The molecule has 3 rings (SSSR count). The van der Waals surface area contributed by atoms with E-state index in [1.807, 2.05) is 42.1 Å². The molecule has 1 saturated heterocycles. The Morgan fingerprint density at radius 3 is 2.95 bits per heavy atom. The lowest BCUT2D eigenvalue weighted by Gasteiger charge is -2.19. The van der Waals surface area contributed by atoms with E-state index in [-0.39, 0.29) is 6.04 Å². The lowest BCUT2D eigenvalue weighted by Crippen LogP contribution is -2.25. The van der Waals surface area contributed by atoms with Gasteiger partial charge in [-0.2, -0.15) is 11.8 Å². The van der Waals surface area contributed by atoms with Gasteiger partial charge in [-0.3, -0.25) is 0 Å². The van der Waals surface area contributed by atoms with Gasteiger partial charge in [-0.25, -0.2) is 0 Å². The van der Waals surface area contributed by atoms with E-state index in [1.165, 1.54) is 17.9 Å². The zero-order chi connectivity index (χ0) is 13.9. The van der Waals surface area contributed by atoms with Crippen LogP contribution in [-0.2, 0) is 0 Å². The minimum atomic E-state index is 0.185. The third-order valence-electron chi connectivity index (χ3n) is 4.14. The molecule has 1 heterocycles. The number of phenolic OH excluding ortho intramolecular Hbond substituents is 1. The predicted molar refractivity (Wildman–Crippen MR) is 87.5 cm³/mol. The van der Waals surface area contributed by atoms with Gasteiger partial charge < -0.3 is 10.4 Å². The number of nitrogens with one attached hydrogen (secondary N) is 1. The smallest absolute Gasteiger partial charge is 0.128 e. The maximum absolute atomic E-state index is 10.5. The van der Waals surface area contributed by atoms with Gasteiger partial charge in [-0.1, -0.05) is 36.4 Å². The molecule has 2 nitrogen and oxygen atoms in total. The average Bonchev–Trinajstić information content (AvgIpc) is 2.99. The minimum Gasteiger partial charge on any atom is -0.507 e. The summed E-state index contributed by atoms with van der Waals surface area (Å²) in [6, 6.07) is 12.3. The molecule has 0 aromatic heterocycles. The van der Waals surface area contributed by atoms with Crippen LogP contribution in [0.1, 0.15) is 24.9 Å². The molecule has 2 unspecified atom stereocenters. The lowest BCUT2D eigenvalue weighted by molar-refractivity contribution is 0.442. The highest BCUT2D eigenvalue weighted by molar-refractivity contribution is 7.99. The van der Waals surface area contributed by atoms with Gasteiger partial charge in [0.15, 0.2) is 0 Å². The molecular formula is C17H21NOS. The maximum Gasteiger partial charge on any atom is 0.128 e. The second kappa shape index (κ2) is 6.06. The Kier molecular flexibility index (Phi) is 4.18. The number of rotatable bonds is 4. The van der Waals surface area contributed by atoms with Crippen LogP contribution in [0.5, 0.6) is 5.75 Å². The number of hydrogen-bond acceptors (Lipinski definition) is 3. The molecule has 2 atom stereocenters. The third-order valence-corrected chi connectivity index (χ3v) is 5.37. The maximum atomic E-state index is 10.5. The molecule has 0 saturated carbocycles. The Hall–Kier alpha value is -1.19. The molecule has 106 valence electrons. The Balaban J connectivity index is 1.76. The van der Waals surface area contributed by atoms with Crippen LogP contribution in [0.2, 0.25) is 0 Å². The van der Waals surface area contributed by atoms with Crippen molar-refractivity contribution in [2.24, 2.45) is 5.92 Å². The lowest BCUT2D eigenvalue weighted by atomic mass is 10.0. The fourth-order valence-corrected chi connectivity index (χ4v) is 4.10. The van der Waals surface area contributed by atoms with Crippen molar-refractivity contribution in [3.8, 4) is 5.75 Å². The van der Waals surface area contributed by atoms with Crippen molar-refractivity contribution in [3.63, 3.8) is 0 Å². The van der Waals surface area contributed by atoms with E-state index >= 15 is 0 Å². The largest absolute Gasteiger partial charge is 0.507 e. The first-order chi connectivity index (χ1) is 9.75. The van der Waals surface area contributed by atoms with E-state index < -0.39 is 0 Å². The highest BCUT2D eigenvalue weighted by Crippen LogP contribution is 2.32. The molecule has 1 aliphatic rings. The second-order valence-corrected chi connectivity index (χ2v) is 6.73. The zero-order valence-corrected chi connectivity index (χ0v) is 12.6. The molecule has 1 fully saturated rings. The summed E-state index contributed by atoms with van der Waals surface area (Å²) < 4.78 is 0. The van der Waals surface area contributed by atoms with Crippen molar-refractivity contribution in [1.82, 2.24) is 5.32 Å². The monoisotopic (exact) mass is 287 g/mol. The molecule has 0 spiro atoms. The topological polar surface area (TPSA) is 32.3 Å². The first-order valence-electron chi connectivity index (χ1n) is 7.27. The normalized spacial score (nSPS) is 20.4. The van der Waals surface area contributed by atoms with Crippen molar-refractivity contribution in [2.45, 2.75) is 19.4 Å². The summed E-state index contributed by atoms with van der Waals surface area (Å²) in [7, 11) is 0. The Labute approximate surface area is 124 Å². The summed E-state index contributed by atoms with van der Waals surface area (Å²) in [5.74, 6) is 3.76. The van der Waals surface area contributed by atoms with E-state index in [2.05, 4.69) is 18.3 Å². The van der Waals surface area contributed by atoms with Crippen LogP contribution in [-0.4, -0.2) is 23.2 Å². The molecule has 2 aromatic rings. The first-order valence-corrected chi connectivity index (χ1v) is 8.43. The molecule has 20 heavy (non-hydrogen) atoms. The standard InChI is InChI=1S/C17H21NOS/c1-12(18-10-13-8-9-20-11-13)15-7-6-14-4-2-3-5-16(14)17(15)19/h2-7,12-13,18-19H,8-11H2,1H3. The van der Waals surface area contributed by atoms with Crippen molar-refractivity contribution in [1.29, 1.82) is 0 Å². The van der Waals surface area contributed by atoms with Gasteiger partial charge in [0.25, 0.3) is 0 Å². The first kappa shape index (κ1) is 13.8. The van der Waals surface area contributed by atoms with E-state index in [9.17, 15) is 5.11 Å². The van der Waals surface area contributed by atoms with Gasteiger partial charge in [0.05, 0.1) is 0 Å². The molecule has 0 bridgehead atoms. The average molecular weight is 287 g/mol. The van der Waals surface area contributed by atoms with Crippen LogP contribution in [0.25, 0.3) is 10.8 Å². The summed E-state index contributed by atoms with van der Waals surface area (Å²) in [6.07, 6.45) is 1.31. The van der Waals surface area contributed by atoms with Crippen LogP contribution in [0.4, 0.5) is 0 Å². The van der Waals surface area contributed by atoms with Crippen LogP contribution < -0.4 is 5.32 Å². The summed E-state index contributed by atoms with van der Waals surface area (Å²) in [5, 5.41) is 16.1. The molecule has 0 amide bonds. The van der Waals surface area contributed by atoms with Gasteiger partial charge in [-0.05, 0) is 42.7 Å². The van der Waals surface area contributed by atoms with Crippen LogP contribution in [0.3, 0.4) is 0 Å². The fourth-order valence-electron chi connectivity index (χ4n) is 2.82. The van der Waals surface area contributed by atoms with E-state index in [4.69, 9.17) is 0 Å². The number of fused-ring (bicyclic) bond motifs is 1. The Bertz CT molecular complexity index is 593. The van der Waals surface area contributed by atoms with Crippen molar-refractivity contribution >= 4 is 22.5 Å². The number of benzene rings is 2. The summed E-state index contributed by atoms with van der Waals surface area (Å²) >= 11 is 2.05. The predicted octanol–water partition coefficient (Wildman–Crippen LogP) is 3.95. The van der Waals surface area contributed by atoms with Crippen LogP contribution >= 0.6 is 11.8 Å². The number of phenols is 1. The molecule has 0 radical (unpaired) electrons. The van der Waals surface area contributed by atoms with Crippen molar-refractivity contribution < 1.29 is 5.11 Å². The molecule has 2 N–H and O–H groups in total. The summed E-state index contributed by atoms with van der Waals surface area (Å²) in [4.78, 5) is 0. The molecule has 0 aliphatic carbocycles. The Morgan fingerprint density at radius 2 is 2.15 bits per heavy atom. The summed E-state index contributed by atoms with van der Waals surface area (Å²) in [5.41, 5.74) is 0.995. The van der Waals surface area contributed by atoms with Crippen molar-refractivity contribution in [3.05, 3.63) is 42.0 Å². The fraction of sp³-hybridized carbons (Fsp3) is 0.412. The highest BCUT2D eigenvalue weighted by atomic mass is 32.2. The van der Waals surface area contributed by atoms with E-state index in [0.717, 1.165) is 28.8 Å². The quantitative estimate of drug-likeness (QED) is 0.893. The zero-order valence-electron chi connectivity index (χ0n) is 11.8. The van der Waals surface area contributed by atoms with Crippen molar-refractivity contribution in [2.75, 3.05) is 18.1 Å². The highest BCUT2D eigenvalue weighted by Gasteiger charge is 2.18. The SMILES string of the molecule is CC(NCC1CCSC1)c1ccc2ccccc2c1O. The minimum absolute atomic E-state index is 0.185. The Morgan fingerprint density at radius 1 is 1.30 bits per heavy atom. The van der Waals surface area contributed by atoms with Gasteiger partial charge >= 0.3 is 0 Å². The molecule has 2 aromatic carbocycles. The van der Waals surface area contributed by atoms with E-state index in [1.54, 1.807) is 0 Å².